The first-order chi connectivity index (χ1) is 9.65. The van der Waals surface area contributed by atoms with Crippen LogP contribution in [0.1, 0.15) is 10.4 Å². The van der Waals surface area contributed by atoms with Gasteiger partial charge in [0.15, 0.2) is 6.61 Å². The van der Waals surface area contributed by atoms with Crippen molar-refractivity contribution in [1.29, 1.82) is 0 Å². The molecular weight excluding hydrogens is 278 g/mol. The van der Waals surface area contributed by atoms with Gasteiger partial charge in [0.2, 0.25) is 0 Å². The molecular formula is C15H12ClNO3. The minimum atomic E-state index is -0.535. The molecule has 0 aliphatic carbocycles. The highest BCUT2D eigenvalue weighted by Gasteiger charge is 2.09. The Morgan fingerprint density at radius 3 is 2.50 bits per heavy atom. The molecule has 1 amide bonds. The second kappa shape index (κ2) is 6.73. The summed E-state index contributed by atoms with van der Waals surface area (Å²) in [6.45, 7) is -0.347. The van der Waals surface area contributed by atoms with Crippen molar-refractivity contribution >= 4 is 29.2 Å². The topological polar surface area (TPSA) is 55.4 Å². The lowest BCUT2D eigenvalue weighted by atomic mass is 10.2. The number of rotatable bonds is 4. The predicted molar refractivity (Wildman–Crippen MR) is 76.8 cm³/mol. The summed E-state index contributed by atoms with van der Waals surface area (Å²) in [5, 5.41) is 3.11. The number of carbonyl (C=O) groups is 2. The Hall–Kier alpha value is -2.33. The average molecular weight is 290 g/mol. The van der Waals surface area contributed by atoms with Gasteiger partial charge in [0.1, 0.15) is 0 Å². The van der Waals surface area contributed by atoms with Crippen LogP contribution >= 0.6 is 11.6 Å². The molecule has 0 heterocycles. The molecule has 0 saturated heterocycles. The summed E-state index contributed by atoms with van der Waals surface area (Å²) >= 11 is 5.80. The highest BCUT2D eigenvalue weighted by molar-refractivity contribution is 6.30. The van der Waals surface area contributed by atoms with E-state index in [1.165, 1.54) is 0 Å². The Morgan fingerprint density at radius 2 is 1.80 bits per heavy atom. The fraction of sp³-hybridized carbons (Fsp3) is 0.0667. The van der Waals surface area contributed by atoms with Crippen LogP contribution in [0.3, 0.4) is 0 Å². The van der Waals surface area contributed by atoms with Crippen molar-refractivity contribution in [1.82, 2.24) is 0 Å². The number of hydrogen-bond donors (Lipinski definition) is 1. The van der Waals surface area contributed by atoms with Crippen LogP contribution in [0.4, 0.5) is 5.69 Å². The third kappa shape index (κ3) is 4.10. The highest BCUT2D eigenvalue weighted by Crippen LogP contribution is 2.14. The first-order valence-corrected chi connectivity index (χ1v) is 6.30. The maximum atomic E-state index is 11.6. The minimum absolute atomic E-state index is 0.347. The molecule has 0 bridgehead atoms. The van der Waals surface area contributed by atoms with Gasteiger partial charge in [-0.25, -0.2) is 4.79 Å². The Morgan fingerprint density at radius 1 is 1.05 bits per heavy atom. The standard InChI is InChI=1S/C15H12ClNO3/c16-12-7-4-8-13(9-12)17-14(18)10-20-15(19)11-5-2-1-3-6-11/h1-9H,10H2,(H,17,18). The number of hydrogen-bond acceptors (Lipinski definition) is 3. The van der Waals surface area contributed by atoms with Crippen molar-refractivity contribution in [2.24, 2.45) is 0 Å². The summed E-state index contributed by atoms with van der Waals surface area (Å²) in [6, 6.07) is 15.2. The van der Waals surface area contributed by atoms with Crippen molar-refractivity contribution in [3.63, 3.8) is 0 Å². The normalized spacial score (nSPS) is 9.85. The summed E-state index contributed by atoms with van der Waals surface area (Å²) in [5.74, 6) is -0.955. The summed E-state index contributed by atoms with van der Waals surface area (Å²) < 4.78 is 4.91. The third-order valence-corrected chi connectivity index (χ3v) is 2.69. The van der Waals surface area contributed by atoms with Crippen LogP contribution in [0.15, 0.2) is 54.6 Å². The van der Waals surface area contributed by atoms with Gasteiger partial charge in [-0.3, -0.25) is 4.79 Å². The number of anilines is 1. The molecule has 2 aromatic rings. The van der Waals surface area contributed by atoms with E-state index in [9.17, 15) is 9.59 Å². The van der Waals surface area contributed by atoms with E-state index in [0.29, 0.717) is 16.3 Å². The minimum Gasteiger partial charge on any atom is -0.452 e. The van der Waals surface area contributed by atoms with Crippen molar-refractivity contribution in [2.45, 2.75) is 0 Å². The largest absolute Gasteiger partial charge is 0.452 e. The summed E-state index contributed by atoms with van der Waals surface area (Å²) in [4.78, 5) is 23.3. The lowest BCUT2D eigenvalue weighted by Gasteiger charge is -2.06. The van der Waals surface area contributed by atoms with Crippen LogP contribution in [0.25, 0.3) is 0 Å². The van der Waals surface area contributed by atoms with E-state index < -0.39 is 11.9 Å². The number of nitrogens with one attached hydrogen (secondary N) is 1. The van der Waals surface area contributed by atoms with E-state index in [4.69, 9.17) is 16.3 Å². The van der Waals surface area contributed by atoms with Gasteiger partial charge in [-0.1, -0.05) is 35.9 Å². The van der Waals surface area contributed by atoms with Gasteiger partial charge in [0, 0.05) is 10.7 Å². The molecule has 2 aromatic carbocycles. The molecule has 5 heteroatoms. The van der Waals surface area contributed by atoms with Crippen LogP contribution < -0.4 is 5.32 Å². The van der Waals surface area contributed by atoms with E-state index in [2.05, 4.69) is 5.32 Å². The Bertz CT molecular complexity index is 614. The SMILES string of the molecule is O=C(COC(=O)c1ccccc1)Nc1cccc(Cl)c1. The Kier molecular flexibility index (Phi) is 4.74. The summed E-state index contributed by atoms with van der Waals surface area (Å²) in [6.07, 6.45) is 0. The summed E-state index contributed by atoms with van der Waals surface area (Å²) in [5.41, 5.74) is 0.960. The van der Waals surface area contributed by atoms with Gasteiger partial charge >= 0.3 is 5.97 Å². The molecule has 0 unspecified atom stereocenters. The Labute approximate surface area is 121 Å². The highest BCUT2D eigenvalue weighted by atomic mass is 35.5. The van der Waals surface area contributed by atoms with Gasteiger partial charge in [-0.2, -0.15) is 0 Å². The molecule has 0 radical (unpaired) electrons. The quantitative estimate of drug-likeness (QED) is 0.880. The van der Waals surface area contributed by atoms with Crippen molar-refractivity contribution in [3.8, 4) is 0 Å². The number of amides is 1. The van der Waals surface area contributed by atoms with Crippen molar-refractivity contribution in [3.05, 3.63) is 65.2 Å². The first kappa shape index (κ1) is 14.1. The van der Waals surface area contributed by atoms with E-state index in [-0.39, 0.29) is 6.61 Å². The van der Waals surface area contributed by atoms with Crippen LogP contribution in [0, 0.1) is 0 Å². The molecule has 20 heavy (non-hydrogen) atoms. The molecule has 0 aromatic heterocycles. The zero-order chi connectivity index (χ0) is 14.4. The zero-order valence-electron chi connectivity index (χ0n) is 10.5. The predicted octanol–water partition coefficient (Wildman–Crippen LogP) is 3.14. The van der Waals surface area contributed by atoms with E-state index in [1.807, 2.05) is 0 Å². The van der Waals surface area contributed by atoms with Gasteiger partial charge in [-0.15, -0.1) is 0 Å². The molecule has 1 N–H and O–H groups in total. The number of benzene rings is 2. The molecule has 0 atom stereocenters. The van der Waals surface area contributed by atoms with Gasteiger partial charge in [0.05, 0.1) is 5.56 Å². The number of halogens is 1. The third-order valence-electron chi connectivity index (χ3n) is 2.45. The molecule has 4 nitrogen and oxygen atoms in total. The molecule has 0 saturated carbocycles. The van der Waals surface area contributed by atoms with E-state index in [0.717, 1.165) is 0 Å². The van der Waals surface area contributed by atoms with E-state index >= 15 is 0 Å². The zero-order valence-corrected chi connectivity index (χ0v) is 11.3. The van der Waals surface area contributed by atoms with Crippen LogP contribution in [-0.2, 0) is 9.53 Å². The van der Waals surface area contributed by atoms with Gasteiger partial charge in [-0.05, 0) is 30.3 Å². The molecule has 0 spiro atoms. The molecule has 2 rings (SSSR count). The molecule has 0 aliphatic heterocycles. The van der Waals surface area contributed by atoms with E-state index in [1.54, 1.807) is 54.6 Å². The second-order valence-electron chi connectivity index (χ2n) is 4.00. The van der Waals surface area contributed by atoms with Gasteiger partial charge < -0.3 is 10.1 Å². The number of ether oxygens (including phenoxy) is 1. The van der Waals surface area contributed by atoms with Crippen LogP contribution in [-0.4, -0.2) is 18.5 Å². The molecule has 0 fully saturated rings. The Balaban J connectivity index is 1.85. The summed E-state index contributed by atoms with van der Waals surface area (Å²) in [7, 11) is 0. The first-order valence-electron chi connectivity index (χ1n) is 5.93. The fourth-order valence-corrected chi connectivity index (χ4v) is 1.74. The number of esters is 1. The maximum Gasteiger partial charge on any atom is 0.338 e. The number of carbonyl (C=O) groups excluding carboxylic acids is 2. The van der Waals surface area contributed by atoms with Crippen LogP contribution in [0.5, 0.6) is 0 Å². The second-order valence-corrected chi connectivity index (χ2v) is 4.44. The average Bonchev–Trinajstić information content (AvgIpc) is 2.46. The van der Waals surface area contributed by atoms with Crippen molar-refractivity contribution in [2.75, 3.05) is 11.9 Å². The monoisotopic (exact) mass is 289 g/mol. The fourth-order valence-electron chi connectivity index (χ4n) is 1.55. The van der Waals surface area contributed by atoms with Gasteiger partial charge in [0.25, 0.3) is 5.91 Å². The van der Waals surface area contributed by atoms with Crippen LogP contribution in [0.2, 0.25) is 5.02 Å². The molecule has 102 valence electrons. The van der Waals surface area contributed by atoms with Crippen molar-refractivity contribution < 1.29 is 14.3 Å². The smallest absolute Gasteiger partial charge is 0.338 e. The lowest BCUT2D eigenvalue weighted by molar-refractivity contribution is -0.119. The molecule has 0 aliphatic rings. The lowest BCUT2D eigenvalue weighted by Crippen LogP contribution is -2.20. The maximum absolute atomic E-state index is 11.6.